The topological polar surface area (TPSA) is 35.0 Å². The molecule has 0 amide bonds. The normalized spacial score (nSPS) is 11.3. The van der Waals surface area contributed by atoms with Crippen LogP contribution >= 0.6 is 0 Å². The van der Waals surface area contributed by atoms with E-state index in [0.29, 0.717) is 5.75 Å². The van der Waals surface area contributed by atoms with E-state index in [9.17, 15) is 13.2 Å². The summed E-state index contributed by atoms with van der Waals surface area (Å²) in [6, 6.07) is 17.1. The summed E-state index contributed by atoms with van der Waals surface area (Å²) in [7, 11) is 0. The SMILES string of the molecule is FC(F)(F)c1ccnc(Oc2ccc(-c3ccccc3)cc2)n1. The Morgan fingerprint density at radius 1 is 0.783 bits per heavy atom. The van der Waals surface area contributed by atoms with E-state index in [-0.39, 0.29) is 6.01 Å². The zero-order valence-corrected chi connectivity index (χ0v) is 11.8. The van der Waals surface area contributed by atoms with Crippen molar-refractivity contribution in [3.05, 3.63) is 72.6 Å². The molecule has 3 nitrogen and oxygen atoms in total. The second-order valence-electron chi connectivity index (χ2n) is 4.71. The fraction of sp³-hybridized carbons (Fsp3) is 0.0588. The van der Waals surface area contributed by atoms with Gasteiger partial charge in [-0.2, -0.15) is 18.2 Å². The van der Waals surface area contributed by atoms with Gasteiger partial charge in [0.25, 0.3) is 0 Å². The fourth-order valence-corrected chi connectivity index (χ4v) is 2.00. The molecule has 116 valence electrons. The number of nitrogens with zero attached hydrogens (tertiary/aromatic N) is 2. The molecule has 0 N–H and O–H groups in total. The Kier molecular flexibility index (Phi) is 3.97. The molecule has 0 radical (unpaired) electrons. The average molecular weight is 316 g/mol. The first kappa shape index (κ1) is 15.0. The van der Waals surface area contributed by atoms with E-state index in [1.54, 1.807) is 12.1 Å². The summed E-state index contributed by atoms with van der Waals surface area (Å²) in [5.41, 5.74) is 0.973. The minimum atomic E-state index is -4.53. The predicted octanol–water partition coefficient (Wildman–Crippen LogP) is 4.95. The zero-order valence-electron chi connectivity index (χ0n) is 11.8. The molecule has 6 heteroatoms. The smallest absolute Gasteiger partial charge is 0.424 e. The second-order valence-corrected chi connectivity index (χ2v) is 4.71. The highest BCUT2D eigenvalue weighted by Gasteiger charge is 2.33. The van der Waals surface area contributed by atoms with E-state index in [0.717, 1.165) is 23.4 Å². The number of aromatic nitrogens is 2. The van der Waals surface area contributed by atoms with Crippen LogP contribution in [0.15, 0.2) is 66.9 Å². The van der Waals surface area contributed by atoms with Gasteiger partial charge in [-0.05, 0) is 29.3 Å². The van der Waals surface area contributed by atoms with E-state index < -0.39 is 11.9 Å². The van der Waals surface area contributed by atoms with Crippen LogP contribution < -0.4 is 4.74 Å². The van der Waals surface area contributed by atoms with E-state index >= 15 is 0 Å². The maximum Gasteiger partial charge on any atom is 0.433 e. The highest BCUT2D eigenvalue weighted by molar-refractivity contribution is 5.63. The van der Waals surface area contributed by atoms with E-state index in [2.05, 4.69) is 9.97 Å². The number of halogens is 3. The van der Waals surface area contributed by atoms with E-state index in [1.807, 2.05) is 42.5 Å². The number of alkyl halides is 3. The Balaban J connectivity index is 1.79. The largest absolute Gasteiger partial charge is 0.433 e. The monoisotopic (exact) mass is 316 g/mol. The average Bonchev–Trinajstić information content (AvgIpc) is 2.56. The fourth-order valence-electron chi connectivity index (χ4n) is 2.00. The molecule has 0 spiro atoms. The standard InChI is InChI=1S/C17H11F3N2O/c18-17(19,20)15-10-11-21-16(22-15)23-14-8-6-13(7-9-14)12-4-2-1-3-5-12/h1-11H. The molecule has 0 unspecified atom stereocenters. The molecule has 0 bridgehead atoms. The predicted molar refractivity (Wildman–Crippen MR) is 79.0 cm³/mol. The third kappa shape index (κ3) is 3.66. The lowest BCUT2D eigenvalue weighted by atomic mass is 10.1. The molecule has 0 aliphatic rings. The van der Waals surface area contributed by atoms with Crippen LogP contribution in [-0.2, 0) is 6.18 Å². The third-order valence-electron chi connectivity index (χ3n) is 3.09. The quantitative estimate of drug-likeness (QED) is 0.685. The zero-order chi connectivity index (χ0) is 16.3. The van der Waals surface area contributed by atoms with E-state index in [1.165, 1.54) is 0 Å². The lowest BCUT2D eigenvalue weighted by Crippen LogP contribution is -2.08. The van der Waals surface area contributed by atoms with Crippen molar-refractivity contribution in [1.29, 1.82) is 0 Å². The van der Waals surface area contributed by atoms with Crippen LogP contribution in [0.3, 0.4) is 0 Å². The Hall–Kier alpha value is -2.89. The van der Waals surface area contributed by atoms with Crippen molar-refractivity contribution in [3.8, 4) is 22.9 Å². The molecule has 23 heavy (non-hydrogen) atoms. The summed E-state index contributed by atoms with van der Waals surface area (Å²) < 4.78 is 43.1. The molecular formula is C17H11F3N2O. The van der Waals surface area contributed by atoms with Crippen molar-refractivity contribution in [2.45, 2.75) is 6.18 Å². The van der Waals surface area contributed by atoms with Gasteiger partial charge in [-0.25, -0.2) is 4.98 Å². The van der Waals surface area contributed by atoms with Crippen LogP contribution in [-0.4, -0.2) is 9.97 Å². The van der Waals surface area contributed by atoms with Gasteiger partial charge < -0.3 is 4.74 Å². The Labute approximate surface area is 130 Å². The molecule has 3 rings (SSSR count). The van der Waals surface area contributed by atoms with Crippen LogP contribution in [0.5, 0.6) is 11.8 Å². The second kappa shape index (κ2) is 6.08. The van der Waals surface area contributed by atoms with Gasteiger partial charge in [-0.1, -0.05) is 42.5 Å². The molecule has 0 atom stereocenters. The van der Waals surface area contributed by atoms with Crippen molar-refractivity contribution in [1.82, 2.24) is 9.97 Å². The number of hydrogen-bond donors (Lipinski definition) is 0. The van der Waals surface area contributed by atoms with Crippen molar-refractivity contribution in [2.75, 3.05) is 0 Å². The summed E-state index contributed by atoms with van der Waals surface area (Å²) in [5, 5.41) is 0. The number of benzene rings is 2. The summed E-state index contributed by atoms with van der Waals surface area (Å²) in [5.74, 6) is 0.365. The molecule has 3 aromatic rings. The minimum absolute atomic E-state index is 0.340. The van der Waals surface area contributed by atoms with Gasteiger partial charge >= 0.3 is 12.2 Å². The molecule has 2 aromatic carbocycles. The lowest BCUT2D eigenvalue weighted by molar-refractivity contribution is -0.141. The molecule has 0 aliphatic carbocycles. The van der Waals surface area contributed by atoms with E-state index in [4.69, 9.17) is 4.74 Å². The van der Waals surface area contributed by atoms with Gasteiger partial charge in [0.05, 0.1) is 0 Å². The van der Waals surface area contributed by atoms with Gasteiger partial charge in [0.2, 0.25) is 0 Å². The van der Waals surface area contributed by atoms with Crippen molar-refractivity contribution in [2.24, 2.45) is 0 Å². The third-order valence-corrected chi connectivity index (χ3v) is 3.09. The van der Waals surface area contributed by atoms with Crippen LogP contribution in [0.25, 0.3) is 11.1 Å². The number of ether oxygens (including phenoxy) is 1. The Bertz CT molecular complexity index is 787. The van der Waals surface area contributed by atoms with Crippen molar-refractivity contribution >= 4 is 0 Å². The van der Waals surface area contributed by atoms with Gasteiger partial charge in [0.1, 0.15) is 5.75 Å². The lowest BCUT2D eigenvalue weighted by Gasteiger charge is -2.08. The summed E-state index contributed by atoms with van der Waals surface area (Å²) >= 11 is 0. The molecule has 0 saturated heterocycles. The maximum atomic E-state index is 12.6. The first-order valence-electron chi connectivity index (χ1n) is 6.76. The van der Waals surface area contributed by atoms with Crippen LogP contribution in [0, 0.1) is 0 Å². The highest BCUT2D eigenvalue weighted by atomic mass is 19.4. The van der Waals surface area contributed by atoms with Crippen molar-refractivity contribution < 1.29 is 17.9 Å². The maximum absolute atomic E-state index is 12.6. The number of rotatable bonds is 3. The Morgan fingerprint density at radius 3 is 2.09 bits per heavy atom. The molecule has 0 aliphatic heterocycles. The highest BCUT2D eigenvalue weighted by Crippen LogP contribution is 2.29. The van der Waals surface area contributed by atoms with Crippen LogP contribution in [0.4, 0.5) is 13.2 Å². The summed E-state index contributed by atoms with van der Waals surface area (Å²) in [6.07, 6.45) is -3.51. The van der Waals surface area contributed by atoms with Crippen LogP contribution in [0.1, 0.15) is 5.69 Å². The summed E-state index contributed by atoms with van der Waals surface area (Å²) in [4.78, 5) is 7.06. The first-order valence-corrected chi connectivity index (χ1v) is 6.76. The van der Waals surface area contributed by atoms with Crippen LogP contribution in [0.2, 0.25) is 0 Å². The Morgan fingerprint density at radius 2 is 1.43 bits per heavy atom. The van der Waals surface area contributed by atoms with Gasteiger partial charge in [0, 0.05) is 6.20 Å². The summed E-state index contributed by atoms with van der Waals surface area (Å²) in [6.45, 7) is 0. The first-order chi connectivity index (χ1) is 11.0. The minimum Gasteiger partial charge on any atom is -0.424 e. The van der Waals surface area contributed by atoms with Crippen molar-refractivity contribution in [3.63, 3.8) is 0 Å². The molecule has 0 saturated carbocycles. The molecule has 0 fully saturated rings. The number of hydrogen-bond acceptors (Lipinski definition) is 3. The molecular weight excluding hydrogens is 305 g/mol. The molecule has 1 heterocycles. The van der Waals surface area contributed by atoms with Gasteiger partial charge in [0.15, 0.2) is 5.69 Å². The molecule has 1 aromatic heterocycles. The van der Waals surface area contributed by atoms with Gasteiger partial charge in [-0.15, -0.1) is 0 Å². The van der Waals surface area contributed by atoms with Gasteiger partial charge in [-0.3, -0.25) is 0 Å².